The van der Waals surface area contributed by atoms with Crippen molar-refractivity contribution in [2.24, 2.45) is 11.3 Å². The second-order valence-corrected chi connectivity index (χ2v) is 10.2. The highest BCUT2D eigenvalue weighted by Crippen LogP contribution is 2.33. The summed E-state index contributed by atoms with van der Waals surface area (Å²) in [6, 6.07) is 4.82. The summed E-state index contributed by atoms with van der Waals surface area (Å²) in [5.41, 5.74) is 12.6. The SMILES string of the molecule is Cc1cc2c(N)c(-n3ccc(N)nc3=O)cc(C(=O)NCC3CCN(CC(C)(C)CO)CC3)c2o1. The lowest BCUT2D eigenvalue weighted by molar-refractivity contribution is 0.0791. The summed E-state index contributed by atoms with van der Waals surface area (Å²) in [7, 11) is 0. The van der Waals surface area contributed by atoms with Crippen molar-refractivity contribution in [3.63, 3.8) is 0 Å². The molecule has 1 saturated heterocycles. The van der Waals surface area contributed by atoms with Crippen LogP contribution < -0.4 is 22.5 Å². The number of nitrogens with zero attached hydrogens (tertiary/aromatic N) is 3. The Morgan fingerprint density at radius 2 is 2.00 bits per heavy atom. The van der Waals surface area contributed by atoms with Crippen molar-refractivity contribution >= 4 is 28.4 Å². The molecule has 3 aromatic rings. The highest BCUT2D eigenvalue weighted by atomic mass is 16.3. The van der Waals surface area contributed by atoms with E-state index in [4.69, 9.17) is 15.9 Å². The van der Waals surface area contributed by atoms with Gasteiger partial charge >= 0.3 is 5.69 Å². The quantitative estimate of drug-likeness (QED) is 0.373. The average molecular weight is 483 g/mol. The van der Waals surface area contributed by atoms with Crippen LogP contribution in [0.25, 0.3) is 16.7 Å². The molecule has 0 bridgehead atoms. The number of likely N-dealkylation sites (tertiary alicyclic amines) is 1. The van der Waals surface area contributed by atoms with Crippen molar-refractivity contribution in [1.29, 1.82) is 0 Å². The zero-order chi connectivity index (χ0) is 25.3. The lowest BCUT2D eigenvalue weighted by Gasteiger charge is -2.36. The van der Waals surface area contributed by atoms with E-state index >= 15 is 0 Å². The largest absolute Gasteiger partial charge is 0.460 e. The first-order valence-corrected chi connectivity index (χ1v) is 11.9. The first-order chi connectivity index (χ1) is 16.6. The summed E-state index contributed by atoms with van der Waals surface area (Å²) in [4.78, 5) is 31.9. The molecule has 0 radical (unpaired) electrons. The molecule has 4 rings (SSSR count). The minimum Gasteiger partial charge on any atom is -0.460 e. The van der Waals surface area contributed by atoms with Gasteiger partial charge in [-0.05, 0) is 57.0 Å². The molecule has 10 nitrogen and oxygen atoms in total. The molecular formula is C25H34N6O4. The predicted octanol–water partition coefficient (Wildman–Crippen LogP) is 1.91. The van der Waals surface area contributed by atoms with Gasteiger partial charge in [-0.25, -0.2) is 4.79 Å². The van der Waals surface area contributed by atoms with Gasteiger partial charge in [0.2, 0.25) is 0 Å². The van der Waals surface area contributed by atoms with Gasteiger partial charge in [0, 0.05) is 36.7 Å². The molecular weight excluding hydrogens is 448 g/mol. The number of benzene rings is 1. The number of carbonyl (C=O) groups is 1. The molecule has 10 heteroatoms. The second-order valence-electron chi connectivity index (χ2n) is 10.2. The lowest BCUT2D eigenvalue weighted by atomic mass is 9.91. The lowest BCUT2D eigenvalue weighted by Crippen LogP contribution is -2.43. The molecule has 0 saturated carbocycles. The number of hydrogen-bond donors (Lipinski definition) is 4. The fourth-order valence-corrected chi connectivity index (χ4v) is 4.64. The van der Waals surface area contributed by atoms with E-state index in [2.05, 4.69) is 29.0 Å². The Morgan fingerprint density at radius 3 is 2.66 bits per heavy atom. The number of amides is 1. The second kappa shape index (κ2) is 9.71. The number of piperidine rings is 1. The van der Waals surface area contributed by atoms with Gasteiger partial charge < -0.3 is 31.2 Å². The van der Waals surface area contributed by atoms with E-state index in [0.29, 0.717) is 46.1 Å². The van der Waals surface area contributed by atoms with Crippen molar-refractivity contribution in [3.8, 4) is 5.69 Å². The zero-order valence-corrected chi connectivity index (χ0v) is 20.5. The third-order valence-electron chi connectivity index (χ3n) is 6.61. The van der Waals surface area contributed by atoms with E-state index in [1.165, 1.54) is 16.8 Å². The number of aromatic nitrogens is 2. The monoisotopic (exact) mass is 482 g/mol. The number of aliphatic hydroxyl groups excluding tert-OH is 1. The van der Waals surface area contributed by atoms with Crippen molar-refractivity contribution in [2.75, 3.05) is 44.3 Å². The van der Waals surface area contributed by atoms with Crippen molar-refractivity contribution in [3.05, 3.63) is 46.2 Å². The van der Waals surface area contributed by atoms with Crippen LogP contribution >= 0.6 is 0 Å². The highest BCUT2D eigenvalue weighted by Gasteiger charge is 2.26. The molecule has 188 valence electrons. The number of aliphatic hydroxyl groups is 1. The topological polar surface area (TPSA) is 153 Å². The zero-order valence-electron chi connectivity index (χ0n) is 20.5. The van der Waals surface area contributed by atoms with Gasteiger partial charge in [-0.3, -0.25) is 9.36 Å². The van der Waals surface area contributed by atoms with E-state index in [1.807, 2.05) is 0 Å². The van der Waals surface area contributed by atoms with Crippen LogP contribution in [0, 0.1) is 18.3 Å². The fourth-order valence-electron chi connectivity index (χ4n) is 4.64. The molecule has 3 heterocycles. The molecule has 35 heavy (non-hydrogen) atoms. The number of aryl methyl sites for hydroxylation is 1. The Labute approximate surface area is 203 Å². The summed E-state index contributed by atoms with van der Waals surface area (Å²) < 4.78 is 7.08. The Balaban J connectivity index is 1.52. The number of furan rings is 1. The van der Waals surface area contributed by atoms with Crippen molar-refractivity contribution < 1.29 is 14.3 Å². The van der Waals surface area contributed by atoms with Gasteiger partial charge in [0.15, 0.2) is 0 Å². The Morgan fingerprint density at radius 1 is 1.29 bits per heavy atom. The molecule has 0 atom stereocenters. The van der Waals surface area contributed by atoms with Crippen LogP contribution in [0.4, 0.5) is 11.5 Å². The first-order valence-electron chi connectivity index (χ1n) is 11.9. The van der Waals surface area contributed by atoms with Crippen LogP contribution in [0.3, 0.4) is 0 Å². The van der Waals surface area contributed by atoms with Gasteiger partial charge in [0.05, 0.1) is 16.9 Å². The maximum absolute atomic E-state index is 13.3. The number of carbonyl (C=O) groups excluding carboxylic acids is 1. The van der Waals surface area contributed by atoms with Gasteiger partial charge in [0.25, 0.3) is 5.91 Å². The standard InChI is InChI=1S/C25H34N6O4/c1-15-10-17-21(27)19(31-9-6-20(26)29-24(31)34)11-18(22(17)35-15)23(33)28-12-16-4-7-30(8-5-16)13-25(2,3)14-32/h6,9-11,16,32H,4-5,7-8,12-14,27H2,1-3H3,(H,28,33)(H2,26,29,34). The normalized spacial score (nSPS) is 15.5. The summed E-state index contributed by atoms with van der Waals surface area (Å²) in [5.74, 6) is 0.789. The number of fused-ring (bicyclic) bond motifs is 1. The molecule has 0 aliphatic carbocycles. The maximum atomic E-state index is 13.3. The Kier molecular flexibility index (Phi) is 6.86. The number of hydrogen-bond acceptors (Lipinski definition) is 8. The van der Waals surface area contributed by atoms with Crippen LogP contribution in [0.15, 0.2) is 33.6 Å². The molecule has 1 amide bonds. The summed E-state index contributed by atoms with van der Waals surface area (Å²) >= 11 is 0. The third kappa shape index (κ3) is 5.33. The molecule has 1 aromatic carbocycles. The van der Waals surface area contributed by atoms with Crippen LogP contribution in [0.5, 0.6) is 0 Å². The number of nitrogens with two attached hydrogens (primary N) is 2. The third-order valence-corrected chi connectivity index (χ3v) is 6.61. The molecule has 1 aliphatic heterocycles. The van der Waals surface area contributed by atoms with Crippen LogP contribution in [0.1, 0.15) is 42.8 Å². The summed E-state index contributed by atoms with van der Waals surface area (Å²) in [6.45, 7) is 9.33. The smallest absolute Gasteiger partial charge is 0.354 e. The minimum atomic E-state index is -0.584. The minimum absolute atomic E-state index is 0.106. The van der Waals surface area contributed by atoms with Gasteiger partial charge in [0.1, 0.15) is 17.2 Å². The molecule has 0 unspecified atom stereocenters. The van der Waals surface area contributed by atoms with Gasteiger partial charge in [-0.2, -0.15) is 4.98 Å². The van der Waals surface area contributed by atoms with E-state index in [0.717, 1.165) is 32.5 Å². The molecule has 2 aromatic heterocycles. The first kappa shape index (κ1) is 24.7. The molecule has 1 aliphatic rings. The maximum Gasteiger partial charge on any atom is 0.354 e. The van der Waals surface area contributed by atoms with E-state index in [-0.39, 0.29) is 23.7 Å². The number of nitrogen functional groups attached to an aromatic ring is 2. The Hall–Kier alpha value is -3.37. The number of anilines is 2. The number of rotatable bonds is 7. The fraction of sp³-hybridized carbons (Fsp3) is 0.480. The summed E-state index contributed by atoms with van der Waals surface area (Å²) in [5, 5.41) is 13.1. The summed E-state index contributed by atoms with van der Waals surface area (Å²) in [6.07, 6.45) is 3.43. The van der Waals surface area contributed by atoms with E-state index in [1.54, 1.807) is 19.1 Å². The molecule has 0 spiro atoms. The van der Waals surface area contributed by atoms with Gasteiger partial charge in [-0.15, -0.1) is 0 Å². The van der Waals surface area contributed by atoms with Crippen LogP contribution in [-0.4, -0.2) is 58.3 Å². The van der Waals surface area contributed by atoms with E-state index < -0.39 is 5.69 Å². The Bertz CT molecular complexity index is 1290. The number of nitrogens with one attached hydrogen (secondary N) is 1. The molecule has 1 fully saturated rings. The highest BCUT2D eigenvalue weighted by molar-refractivity contribution is 6.10. The van der Waals surface area contributed by atoms with Crippen molar-refractivity contribution in [1.82, 2.24) is 19.8 Å². The van der Waals surface area contributed by atoms with Crippen LogP contribution in [-0.2, 0) is 0 Å². The molecule has 6 N–H and O–H groups in total. The van der Waals surface area contributed by atoms with Gasteiger partial charge in [-0.1, -0.05) is 13.8 Å². The average Bonchev–Trinajstić information content (AvgIpc) is 3.21. The van der Waals surface area contributed by atoms with Crippen LogP contribution in [0.2, 0.25) is 0 Å². The predicted molar refractivity (Wildman–Crippen MR) is 136 cm³/mol. The van der Waals surface area contributed by atoms with E-state index in [9.17, 15) is 14.7 Å². The van der Waals surface area contributed by atoms with Crippen molar-refractivity contribution in [2.45, 2.75) is 33.6 Å².